The van der Waals surface area contributed by atoms with E-state index in [0.29, 0.717) is 18.6 Å². The molecule has 2 aliphatic carbocycles. The van der Waals surface area contributed by atoms with Crippen LogP contribution < -0.4 is 5.32 Å². The number of ether oxygens (including phenoxy) is 1. The zero-order valence-corrected chi connectivity index (χ0v) is 21.8. The molecule has 6 unspecified atom stereocenters. The van der Waals surface area contributed by atoms with Gasteiger partial charge in [-0.3, -0.25) is 0 Å². The van der Waals surface area contributed by atoms with Gasteiger partial charge >= 0.3 is 210 Å². The maximum atomic E-state index is 13.1. The standard InChI is InChI=1S/C28H41BNO5/c1-15(13-31)28(5)19-7-9-27(4,26(29)18-8-10-35-14-18)21-12-22(32)30-24(23(19)21)25(33)17(3)20(28)11-16(2)34-6/h8,10,14-15,17,19-21,23-25,31,33H,2,7,9,11-13H2,1,3-6H3,(H,30,32)/t15?,17?,19?,20-,21?,23?,24-,25?,27+,28+/m0/s1. The topological polar surface area (TPSA) is 91.9 Å². The molecular formula is C28H41BNO5. The summed E-state index contributed by atoms with van der Waals surface area (Å²) in [5.74, 6) is 0.700. The van der Waals surface area contributed by atoms with Crippen molar-refractivity contribution in [1.29, 1.82) is 0 Å². The SMILES string of the molecule is [B]=C(c1ccoc1)[C@]1(C)CCC2C3C1CC(=O)N[C@@H]3C(O)C(C)[C@H](CC(=C)OC)[C@]2(C)C(C)CO. The summed E-state index contributed by atoms with van der Waals surface area (Å²) in [6.45, 7) is 12.8. The Morgan fingerprint density at radius 1 is 1.40 bits per heavy atom. The number of aliphatic hydroxyl groups excluding tert-OH is 2. The Labute approximate surface area is 210 Å². The summed E-state index contributed by atoms with van der Waals surface area (Å²) in [5.41, 5.74) is 0.888. The van der Waals surface area contributed by atoms with Crippen molar-refractivity contribution in [2.24, 2.45) is 46.3 Å². The van der Waals surface area contributed by atoms with E-state index in [2.05, 4.69) is 39.6 Å². The second-order valence-corrected chi connectivity index (χ2v) is 11.8. The molecule has 0 aromatic carbocycles. The van der Waals surface area contributed by atoms with E-state index in [1.807, 2.05) is 6.07 Å². The van der Waals surface area contributed by atoms with Crippen molar-refractivity contribution in [3.63, 3.8) is 0 Å². The van der Waals surface area contributed by atoms with Crippen LogP contribution in [-0.4, -0.2) is 54.9 Å². The Morgan fingerprint density at radius 2 is 2.11 bits per heavy atom. The number of rotatable bonds is 7. The molecule has 1 aromatic rings. The van der Waals surface area contributed by atoms with Crippen LogP contribution in [0.4, 0.5) is 0 Å². The zero-order valence-electron chi connectivity index (χ0n) is 21.8. The Hall–Kier alpha value is -1.86. The third-order valence-corrected chi connectivity index (χ3v) is 10.5. The van der Waals surface area contributed by atoms with Gasteiger partial charge in [0.2, 0.25) is 0 Å². The molecule has 7 heteroatoms. The molecule has 1 radical (unpaired) electrons. The van der Waals surface area contributed by atoms with Gasteiger partial charge in [0.05, 0.1) is 0 Å². The summed E-state index contributed by atoms with van der Waals surface area (Å²) >= 11 is 0. The molecule has 10 atom stereocenters. The molecule has 1 amide bonds. The fourth-order valence-corrected chi connectivity index (χ4v) is 8.13. The molecule has 1 aliphatic heterocycles. The van der Waals surface area contributed by atoms with Crippen molar-refractivity contribution in [2.75, 3.05) is 13.7 Å². The molecule has 35 heavy (non-hydrogen) atoms. The van der Waals surface area contributed by atoms with Gasteiger partial charge in [0.1, 0.15) is 0 Å². The minimum atomic E-state index is -0.728. The Kier molecular flexibility index (Phi) is 7.15. The molecule has 6 nitrogen and oxygen atoms in total. The van der Waals surface area contributed by atoms with Crippen LogP contribution in [0.15, 0.2) is 35.3 Å². The van der Waals surface area contributed by atoms with Gasteiger partial charge in [-0.2, -0.15) is 0 Å². The van der Waals surface area contributed by atoms with Crippen molar-refractivity contribution in [2.45, 2.75) is 65.5 Å². The summed E-state index contributed by atoms with van der Waals surface area (Å²) in [7, 11) is 8.44. The second-order valence-electron chi connectivity index (χ2n) is 11.8. The van der Waals surface area contributed by atoms with Crippen molar-refractivity contribution in [1.82, 2.24) is 5.32 Å². The number of carbonyl (C=O) groups is 1. The molecule has 3 fully saturated rings. The maximum absolute atomic E-state index is 13.1. The molecule has 3 N–H and O–H groups in total. The average molecular weight is 482 g/mol. The first-order chi connectivity index (χ1) is 16.5. The minimum absolute atomic E-state index is 0.00612. The van der Waals surface area contributed by atoms with Crippen molar-refractivity contribution >= 4 is 18.9 Å². The molecule has 191 valence electrons. The number of aliphatic hydroxyl groups is 2. The zero-order chi connectivity index (χ0) is 25.7. The first-order valence-electron chi connectivity index (χ1n) is 13.0. The van der Waals surface area contributed by atoms with E-state index in [1.165, 1.54) is 0 Å². The first kappa shape index (κ1) is 26.2. The molecular weight excluding hydrogens is 441 g/mol. The second kappa shape index (κ2) is 9.55. The van der Waals surface area contributed by atoms with Gasteiger partial charge < -0.3 is 0 Å². The van der Waals surface area contributed by atoms with Gasteiger partial charge in [0.15, 0.2) is 0 Å². The number of allylic oxidation sites excluding steroid dienone is 1. The van der Waals surface area contributed by atoms with Crippen LogP contribution >= 0.6 is 0 Å². The van der Waals surface area contributed by atoms with Gasteiger partial charge in [-0.05, 0) is 0 Å². The number of carbonyl (C=O) groups excluding carboxylic acids is 1. The van der Waals surface area contributed by atoms with Gasteiger partial charge in [-0.1, -0.05) is 0 Å². The molecule has 1 aromatic heterocycles. The molecule has 4 rings (SSSR count). The summed E-state index contributed by atoms with van der Waals surface area (Å²) in [6.07, 6.45) is 5.25. The molecule has 3 aliphatic rings. The van der Waals surface area contributed by atoms with Gasteiger partial charge in [-0.25, -0.2) is 0 Å². The third kappa shape index (κ3) is 4.03. The van der Waals surface area contributed by atoms with Crippen LogP contribution in [0.1, 0.15) is 58.9 Å². The van der Waals surface area contributed by atoms with Crippen LogP contribution in [-0.2, 0) is 9.53 Å². The average Bonchev–Trinajstić information content (AvgIpc) is 3.37. The number of hydrogen-bond donors (Lipinski definition) is 3. The molecule has 0 bridgehead atoms. The van der Waals surface area contributed by atoms with Crippen molar-refractivity contribution < 1.29 is 24.2 Å². The van der Waals surface area contributed by atoms with E-state index in [0.717, 1.165) is 23.9 Å². The van der Waals surface area contributed by atoms with Crippen LogP contribution in [0, 0.1) is 46.3 Å². The fourth-order valence-electron chi connectivity index (χ4n) is 8.13. The normalized spacial score (nSPS) is 41.8. The quantitative estimate of drug-likeness (QED) is 0.410. The van der Waals surface area contributed by atoms with Crippen molar-refractivity contribution in [3.8, 4) is 0 Å². The number of piperidine rings is 1. The Morgan fingerprint density at radius 3 is 2.71 bits per heavy atom. The summed E-state index contributed by atoms with van der Waals surface area (Å²) < 4.78 is 10.8. The number of nitrogens with one attached hydrogen (secondary N) is 1. The first-order valence-corrected chi connectivity index (χ1v) is 13.0. The van der Waals surface area contributed by atoms with E-state index in [-0.39, 0.29) is 59.5 Å². The van der Waals surface area contributed by atoms with E-state index in [1.54, 1.807) is 19.6 Å². The number of hydrogen-bond acceptors (Lipinski definition) is 5. The van der Waals surface area contributed by atoms with Gasteiger partial charge in [0.25, 0.3) is 0 Å². The summed E-state index contributed by atoms with van der Waals surface area (Å²) in [5, 5.41) is 25.4. The number of furan rings is 1. The third-order valence-electron chi connectivity index (χ3n) is 10.5. The van der Waals surface area contributed by atoms with Gasteiger partial charge in [-0.15, -0.1) is 0 Å². The van der Waals surface area contributed by atoms with E-state index >= 15 is 0 Å². The van der Waals surface area contributed by atoms with Crippen LogP contribution in [0.5, 0.6) is 0 Å². The van der Waals surface area contributed by atoms with E-state index in [9.17, 15) is 15.0 Å². The number of methoxy groups -OCH3 is 1. The monoisotopic (exact) mass is 482 g/mol. The van der Waals surface area contributed by atoms with Crippen LogP contribution in [0.2, 0.25) is 0 Å². The van der Waals surface area contributed by atoms with E-state index in [4.69, 9.17) is 16.6 Å². The number of amides is 1. The summed E-state index contributed by atoms with van der Waals surface area (Å²) in [4.78, 5) is 13.1. The van der Waals surface area contributed by atoms with Crippen molar-refractivity contribution in [3.05, 3.63) is 36.5 Å². The fraction of sp³-hybridized carbons (Fsp3) is 0.714. The van der Waals surface area contributed by atoms with Gasteiger partial charge in [0, 0.05) is 0 Å². The molecule has 2 saturated carbocycles. The predicted octanol–water partition coefficient (Wildman–Crippen LogP) is 3.32. The Balaban J connectivity index is 1.86. The Bertz CT molecular complexity index is 963. The predicted molar refractivity (Wildman–Crippen MR) is 137 cm³/mol. The molecule has 0 spiro atoms. The van der Waals surface area contributed by atoms with Crippen LogP contribution in [0.25, 0.3) is 0 Å². The molecule has 1 saturated heterocycles. The van der Waals surface area contributed by atoms with Crippen LogP contribution in [0.3, 0.4) is 0 Å². The molecule has 2 heterocycles. The van der Waals surface area contributed by atoms with E-state index < -0.39 is 11.5 Å². The summed E-state index contributed by atoms with van der Waals surface area (Å²) in [6, 6.07) is 1.51.